The molecule has 0 amide bonds. The number of benzene rings is 2. The van der Waals surface area contributed by atoms with Crippen molar-refractivity contribution >= 4 is 10.8 Å². The molecule has 3 heterocycles. The number of ether oxygens (including phenoxy) is 1. The second kappa shape index (κ2) is 7.14. The molecule has 29 heavy (non-hydrogen) atoms. The molecular formula is C23H20N4O2. The third-order valence-corrected chi connectivity index (χ3v) is 5.38. The van der Waals surface area contributed by atoms with Crippen LogP contribution in [0.3, 0.4) is 0 Å². The number of aliphatic hydroxyl groups excluding tert-OH is 1. The highest BCUT2D eigenvalue weighted by Crippen LogP contribution is 2.47. The number of hydrogen-bond acceptors (Lipinski definition) is 5. The van der Waals surface area contributed by atoms with Crippen LogP contribution in [0.5, 0.6) is 11.6 Å². The van der Waals surface area contributed by atoms with Gasteiger partial charge < -0.3 is 14.4 Å². The van der Waals surface area contributed by atoms with Crippen LogP contribution in [0.15, 0.2) is 67.3 Å². The number of nitrogens with zero attached hydrogens (tertiary/aromatic N) is 3. The molecule has 0 saturated heterocycles. The Morgan fingerprint density at radius 3 is 2.79 bits per heavy atom. The van der Waals surface area contributed by atoms with Crippen molar-refractivity contribution in [3.05, 3.63) is 89.4 Å². The van der Waals surface area contributed by atoms with E-state index in [1.807, 2.05) is 42.6 Å². The molecule has 2 aromatic carbocycles. The molecule has 0 saturated carbocycles. The van der Waals surface area contributed by atoms with Crippen LogP contribution >= 0.6 is 0 Å². The average Bonchev–Trinajstić information content (AvgIpc) is 2.78. The predicted octanol–water partition coefficient (Wildman–Crippen LogP) is 3.58. The molecule has 5 rings (SSSR count). The van der Waals surface area contributed by atoms with Crippen LogP contribution in [-0.2, 0) is 6.54 Å². The van der Waals surface area contributed by atoms with Gasteiger partial charge in [0.15, 0.2) is 0 Å². The van der Waals surface area contributed by atoms with Crippen LogP contribution in [-0.4, -0.2) is 26.2 Å². The Morgan fingerprint density at radius 1 is 1.07 bits per heavy atom. The fourth-order valence-electron chi connectivity index (χ4n) is 4.05. The zero-order valence-corrected chi connectivity index (χ0v) is 15.7. The molecule has 6 heteroatoms. The van der Waals surface area contributed by atoms with E-state index in [-0.39, 0.29) is 12.5 Å². The summed E-state index contributed by atoms with van der Waals surface area (Å²) in [6.45, 7) is 0.595. The Balaban J connectivity index is 1.81. The van der Waals surface area contributed by atoms with E-state index in [9.17, 15) is 5.11 Å². The second-order valence-electron chi connectivity index (χ2n) is 7.10. The van der Waals surface area contributed by atoms with Gasteiger partial charge in [0.1, 0.15) is 17.6 Å². The van der Waals surface area contributed by atoms with Crippen molar-refractivity contribution in [1.82, 2.24) is 14.5 Å². The van der Waals surface area contributed by atoms with Crippen molar-refractivity contribution in [3.8, 4) is 11.6 Å². The van der Waals surface area contributed by atoms with Gasteiger partial charge in [-0.2, -0.15) is 0 Å². The van der Waals surface area contributed by atoms with Crippen molar-refractivity contribution in [1.29, 1.82) is 5.41 Å². The number of aliphatic hydroxyl groups is 1. The lowest BCUT2D eigenvalue weighted by Crippen LogP contribution is -2.30. The molecule has 0 radical (unpaired) electrons. The number of rotatable bonds is 4. The Hall–Kier alpha value is -3.51. The van der Waals surface area contributed by atoms with Crippen LogP contribution < -0.4 is 10.2 Å². The summed E-state index contributed by atoms with van der Waals surface area (Å²) in [7, 11) is 0. The molecule has 0 fully saturated rings. The lowest BCUT2D eigenvalue weighted by molar-refractivity contribution is 0.278. The quantitative estimate of drug-likeness (QED) is 0.496. The number of nitrogens with one attached hydrogen (secondary N) is 1. The van der Waals surface area contributed by atoms with E-state index in [1.54, 1.807) is 17.1 Å². The van der Waals surface area contributed by atoms with Gasteiger partial charge in [0.2, 0.25) is 5.88 Å². The molecule has 2 N–H and O–H groups in total. The summed E-state index contributed by atoms with van der Waals surface area (Å²) in [5.74, 6) is 0.993. The largest absolute Gasteiger partial charge is 0.438 e. The first kappa shape index (κ1) is 17.6. The molecular weight excluding hydrogens is 364 g/mol. The summed E-state index contributed by atoms with van der Waals surface area (Å²) in [6, 6.07) is 16.2. The maximum atomic E-state index is 9.21. The highest BCUT2D eigenvalue weighted by Gasteiger charge is 2.33. The van der Waals surface area contributed by atoms with E-state index in [4.69, 9.17) is 10.1 Å². The number of fused-ring (bicyclic) bond motifs is 4. The Labute approximate surface area is 167 Å². The maximum Gasteiger partial charge on any atom is 0.228 e. The minimum Gasteiger partial charge on any atom is -0.438 e. The van der Waals surface area contributed by atoms with Crippen molar-refractivity contribution in [2.45, 2.75) is 18.9 Å². The molecule has 4 aromatic rings. The smallest absolute Gasteiger partial charge is 0.228 e. The van der Waals surface area contributed by atoms with Crippen LogP contribution in [0.1, 0.15) is 29.0 Å². The van der Waals surface area contributed by atoms with Gasteiger partial charge in [-0.15, -0.1) is 0 Å². The van der Waals surface area contributed by atoms with Crippen LogP contribution in [0.4, 0.5) is 0 Å². The van der Waals surface area contributed by atoms with E-state index in [0.29, 0.717) is 24.3 Å². The van der Waals surface area contributed by atoms with Crippen LogP contribution in [0.25, 0.3) is 10.8 Å². The van der Waals surface area contributed by atoms with E-state index >= 15 is 0 Å². The minimum absolute atomic E-state index is 0.0690. The molecule has 1 aliphatic rings. The number of pyridine rings is 1. The van der Waals surface area contributed by atoms with Gasteiger partial charge in [0.25, 0.3) is 0 Å². The molecule has 1 atom stereocenters. The zero-order valence-electron chi connectivity index (χ0n) is 15.7. The van der Waals surface area contributed by atoms with Gasteiger partial charge in [0.05, 0.1) is 5.56 Å². The van der Waals surface area contributed by atoms with Gasteiger partial charge in [-0.05, 0) is 34.9 Å². The van der Waals surface area contributed by atoms with Crippen LogP contribution in [0.2, 0.25) is 0 Å². The standard InChI is InChI=1S/C23H20N4O2/c24-22-21-19(16-6-3-10-25-13-16)20-17-7-2-1-5-15(17)8-9-18(20)29-23(21)26-14-27(22)11-4-12-28/h1-3,5-10,13-14,19,24,28H,4,11-12H2. The monoisotopic (exact) mass is 384 g/mol. The molecule has 0 spiro atoms. The maximum absolute atomic E-state index is 9.21. The zero-order chi connectivity index (χ0) is 19.8. The van der Waals surface area contributed by atoms with Gasteiger partial charge in [-0.1, -0.05) is 36.4 Å². The fourth-order valence-corrected chi connectivity index (χ4v) is 4.05. The average molecular weight is 384 g/mol. The third kappa shape index (κ3) is 2.89. The first-order valence-corrected chi connectivity index (χ1v) is 9.62. The van der Waals surface area contributed by atoms with Gasteiger partial charge in [-0.3, -0.25) is 10.4 Å². The summed E-state index contributed by atoms with van der Waals surface area (Å²) < 4.78 is 7.93. The molecule has 0 aliphatic carbocycles. The molecule has 144 valence electrons. The molecule has 0 bridgehead atoms. The topological polar surface area (TPSA) is 84.0 Å². The Bertz CT molecular complexity index is 1250. The van der Waals surface area contributed by atoms with Crippen molar-refractivity contribution in [3.63, 3.8) is 0 Å². The normalized spacial score (nSPS) is 14.9. The summed E-state index contributed by atoms with van der Waals surface area (Å²) in [4.78, 5) is 8.83. The van der Waals surface area contributed by atoms with E-state index in [2.05, 4.69) is 22.1 Å². The van der Waals surface area contributed by atoms with E-state index in [0.717, 1.165) is 33.2 Å². The number of aryl methyl sites for hydroxylation is 1. The van der Waals surface area contributed by atoms with Crippen molar-refractivity contribution in [2.75, 3.05) is 6.61 Å². The lowest BCUT2D eigenvalue weighted by Gasteiger charge is -2.29. The van der Waals surface area contributed by atoms with Gasteiger partial charge >= 0.3 is 0 Å². The first-order valence-electron chi connectivity index (χ1n) is 9.62. The molecule has 1 unspecified atom stereocenters. The van der Waals surface area contributed by atoms with E-state index in [1.165, 1.54) is 0 Å². The Morgan fingerprint density at radius 2 is 1.97 bits per heavy atom. The lowest BCUT2D eigenvalue weighted by atomic mass is 9.82. The summed E-state index contributed by atoms with van der Waals surface area (Å²) in [6.07, 6.45) is 5.77. The first-order chi connectivity index (χ1) is 14.3. The second-order valence-corrected chi connectivity index (χ2v) is 7.10. The van der Waals surface area contributed by atoms with Crippen molar-refractivity contribution < 1.29 is 9.84 Å². The summed E-state index contributed by atoms with van der Waals surface area (Å²) in [5, 5.41) is 20.3. The van der Waals surface area contributed by atoms with Gasteiger partial charge in [0, 0.05) is 37.0 Å². The summed E-state index contributed by atoms with van der Waals surface area (Å²) >= 11 is 0. The highest BCUT2D eigenvalue weighted by atomic mass is 16.5. The third-order valence-electron chi connectivity index (χ3n) is 5.38. The number of aromatic nitrogens is 3. The van der Waals surface area contributed by atoms with Gasteiger partial charge in [-0.25, -0.2) is 4.98 Å². The van der Waals surface area contributed by atoms with E-state index < -0.39 is 0 Å². The van der Waals surface area contributed by atoms with Crippen LogP contribution in [0, 0.1) is 5.41 Å². The minimum atomic E-state index is -0.213. The van der Waals surface area contributed by atoms with Crippen molar-refractivity contribution in [2.24, 2.45) is 0 Å². The highest BCUT2D eigenvalue weighted by molar-refractivity contribution is 5.90. The Kier molecular flexibility index (Phi) is 4.33. The summed E-state index contributed by atoms with van der Waals surface area (Å²) in [5.41, 5.74) is 3.09. The number of hydrogen-bond donors (Lipinski definition) is 2. The molecule has 1 aliphatic heterocycles. The fraction of sp³-hybridized carbons (Fsp3) is 0.174. The molecule has 2 aromatic heterocycles. The predicted molar refractivity (Wildman–Crippen MR) is 109 cm³/mol. The molecule has 6 nitrogen and oxygen atoms in total. The SMILES string of the molecule is N=c1c2c(ncn1CCCO)Oc1ccc3ccccc3c1C2c1cccnc1.